The van der Waals surface area contributed by atoms with Gasteiger partial charge in [-0.05, 0) is 39.7 Å². The van der Waals surface area contributed by atoms with Gasteiger partial charge < -0.3 is 11.1 Å². The molecule has 98 valence electrons. The van der Waals surface area contributed by atoms with Crippen molar-refractivity contribution in [3.05, 3.63) is 57.9 Å². The van der Waals surface area contributed by atoms with Crippen LogP contribution in [0.5, 0.6) is 0 Å². The van der Waals surface area contributed by atoms with Gasteiger partial charge in [0.15, 0.2) is 0 Å². The van der Waals surface area contributed by atoms with Gasteiger partial charge in [-0.3, -0.25) is 4.79 Å². The Morgan fingerprint density at radius 3 is 2.74 bits per heavy atom. The Kier molecular flexibility index (Phi) is 4.11. The molecule has 0 atom stereocenters. The molecule has 19 heavy (non-hydrogen) atoms. The number of anilines is 1. The third kappa shape index (κ3) is 3.51. The fourth-order valence-corrected chi connectivity index (χ4v) is 1.84. The van der Waals surface area contributed by atoms with Gasteiger partial charge in [0, 0.05) is 17.2 Å². The van der Waals surface area contributed by atoms with E-state index in [-0.39, 0.29) is 17.5 Å². The molecule has 6 heteroatoms. The summed E-state index contributed by atoms with van der Waals surface area (Å²) in [6.45, 7) is 0.297. The molecule has 0 radical (unpaired) electrons. The van der Waals surface area contributed by atoms with Crippen molar-refractivity contribution in [1.82, 2.24) is 10.3 Å². The summed E-state index contributed by atoms with van der Waals surface area (Å²) in [5.41, 5.74) is 6.74. The topological polar surface area (TPSA) is 68.0 Å². The van der Waals surface area contributed by atoms with E-state index in [0.29, 0.717) is 16.6 Å². The normalized spacial score (nSPS) is 10.2. The van der Waals surface area contributed by atoms with E-state index >= 15 is 0 Å². The Balaban J connectivity index is 2.05. The van der Waals surface area contributed by atoms with Crippen LogP contribution in [0.1, 0.15) is 15.9 Å². The molecular formula is C13H11BrFN3O. The van der Waals surface area contributed by atoms with Gasteiger partial charge in [0.2, 0.25) is 0 Å². The zero-order valence-electron chi connectivity index (χ0n) is 9.86. The number of carbonyl (C=O) groups excluding carboxylic acids is 1. The minimum atomic E-state index is -0.323. The maximum atomic E-state index is 12.7. The molecule has 0 aliphatic heterocycles. The standard InChI is InChI=1S/C13H11BrFN3O/c14-9-5-11(12(16)17-7-9)13(19)18-6-8-1-3-10(15)4-2-8/h1-5,7H,6H2,(H2,16,17)(H,18,19). The predicted octanol–water partition coefficient (Wildman–Crippen LogP) is 2.50. The van der Waals surface area contributed by atoms with Crippen molar-refractivity contribution < 1.29 is 9.18 Å². The van der Waals surface area contributed by atoms with E-state index in [1.54, 1.807) is 18.2 Å². The summed E-state index contributed by atoms with van der Waals surface area (Å²) >= 11 is 3.23. The van der Waals surface area contributed by atoms with E-state index in [1.165, 1.54) is 18.3 Å². The molecular weight excluding hydrogens is 313 g/mol. The number of hydrogen-bond donors (Lipinski definition) is 2. The van der Waals surface area contributed by atoms with Gasteiger partial charge in [-0.1, -0.05) is 12.1 Å². The Labute approximate surface area is 118 Å². The molecule has 1 aromatic carbocycles. The number of rotatable bonds is 3. The average Bonchev–Trinajstić information content (AvgIpc) is 2.40. The van der Waals surface area contributed by atoms with E-state index in [0.717, 1.165) is 5.56 Å². The molecule has 4 nitrogen and oxygen atoms in total. The van der Waals surface area contributed by atoms with E-state index in [2.05, 4.69) is 26.2 Å². The van der Waals surface area contributed by atoms with Crippen molar-refractivity contribution in [2.24, 2.45) is 0 Å². The van der Waals surface area contributed by atoms with Gasteiger partial charge in [0.1, 0.15) is 11.6 Å². The van der Waals surface area contributed by atoms with Crippen LogP contribution in [0.25, 0.3) is 0 Å². The monoisotopic (exact) mass is 323 g/mol. The van der Waals surface area contributed by atoms with Crippen molar-refractivity contribution in [2.45, 2.75) is 6.54 Å². The lowest BCUT2D eigenvalue weighted by Crippen LogP contribution is -2.24. The third-order valence-corrected chi connectivity index (χ3v) is 2.93. The average molecular weight is 324 g/mol. The molecule has 0 saturated carbocycles. The Bertz CT molecular complexity index is 601. The number of aromatic nitrogens is 1. The second-order valence-corrected chi connectivity index (χ2v) is 4.81. The van der Waals surface area contributed by atoms with E-state index < -0.39 is 0 Å². The van der Waals surface area contributed by atoms with Crippen molar-refractivity contribution in [1.29, 1.82) is 0 Å². The molecule has 2 rings (SSSR count). The quantitative estimate of drug-likeness (QED) is 0.911. The van der Waals surface area contributed by atoms with Gasteiger partial charge in [-0.2, -0.15) is 0 Å². The van der Waals surface area contributed by atoms with E-state index in [1.807, 2.05) is 0 Å². The van der Waals surface area contributed by atoms with Crippen molar-refractivity contribution in [3.63, 3.8) is 0 Å². The lowest BCUT2D eigenvalue weighted by atomic mass is 10.2. The van der Waals surface area contributed by atoms with Crippen LogP contribution in [0.3, 0.4) is 0 Å². The SMILES string of the molecule is Nc1ncc(Br)cc1C(=O)NCc1ccc(F)cc1. The number of benzene rings is 1. The lowest BCUT2D eigenvalue weighted by Gasteiger charge is -2.07. The van der Waals surface area contributed by atoms with E-state index in [9.17, 15) is 9.18 Å². The summed E-state index contributed by atoms with van der Waals surface area (Å²) in [7, 11) is 0. The zero-order valence-corrected chi connectivity index (χ0v) is 11.4. The number of hydrogen-bond acceptors (Lipinski definition) is 3. The molecule has 0 aliphatic rings. The first-order chi connectivity index (χ1) is 9.06. The van der Waals surface area contributed by atoms with Gasteiger partial charge in [0.25, 0.3) is 5.91 Å². The van der Waals surface area contributed by atoms with Crippen molar-refractivity contribution >= 4 is 27.7 Å². The molecule has 1 heterocycles. The van der Waals surface area contributed by atoms with Gasteiger partial charge in [0.05, 0.1) is 5.56 Å². The van der Waals surface area contributed by atoms with Crippen molar-refractivity contribution in [2.75, 3.05) is 5.73 Å². The summed E-state index contributed by atoms with van der Waals surface area (Å²) in [6.07, 6.45) is 1.52. The van der Waals surface area contributed by atoms with Gasteiger partial charge in [-0.15, -0.1) is 0 Å². The lowest BCUT2D eigenvalue weighted by molar-refractivity contribution is 0.0951. The molecule has 0 saturated heterocycles. The Morgan fingerprint density at radius 1 is 1.37 bits per heavy atom. The molecule has 3 N–H and O–H groups in total. The number of nitrogens with one attached hydrogen (secondary N) is 1. The Morgan fingerprint density at radius 2 is 2.05 bits per heavy atom. The number of pyridine rings is 1. The number of nitrogens with two attached hydrogens (primary N) is 1. The number of nitrogens with zero attached hydrogens (tertiary/aromatic N) is 1. The first-order valence-corrected chi connectivity index (χ1v) is 6.29. The third-order valence-electron chi connectivity index (χ3n) is 2.50. The molecule has 0 fully saturated rings. The fourth-order valence-electron chi connectivity index (χ4n) is 1.51. The van der Waals surface area contributed by atoms with Crippen molar-refractivity contribution in [3.8, 4) is 0 Å². The number of carbonyl (C=O) groups is 1. The fraction of sp³-hybridized carbons (Fsp3) is 0.0769. The zero-order chi connectivity index (χ0) is 13.8. The smallest absolute Gasteiger partial charge is 0.255 e. The minimum Gasteiger partial charge on any atom is -0.383 e. The molecule has 1 aromatic heterocycles. The van der Waals surface area contributed by atoms with Crippen LogP contribution < -0.4 is 11.1 Å². The highest BCUT2D eigenvalue weighted by molar-refractivity contribution is 9.10. The summed E-state index contributed by atoms with van der Waals surface area (Å²) in [4.78, 5) is 15.8. The molecule has 2 aromatic rings. The number of halogens is 2. The van der Waals surface area contributed by atoms with Crippen LogP contribution in [-0.2, 0) is 6.54 Å². The highest BCUT2D eigenvalue weighted by atomic mass is 79.9. The van der Waals surface area contributed by atoms with Crippen LogP contribution in [0.2, 0.25) is 0 Å². The summed E-state index contributed by atoms with van der Waals surface area (Å²) < 4.78 is 13.4. The second-order valence-electron chi connectivity index (χ2n) is 3.90. The van der Waals surface area contributed by atoms with Gasteiger partial charge >= 0.3 is 0 Å². The molecule has 0 unspecified atom stereocenters. The Hall–Kier alpha value is -1.95. The van der Waals surface area contributed by atoms with Crippen LogP contribution in [0.4, 0.5) is 10.2 Å². The second kappa shape index (κ2) is 5.79. The molecule has 0 spiro atoms. The highest BCUT2D eigenvalue weighted by Crippen LogP contribution is 2.15. The van der Waals surface area contributed by atoms with E-state index in [4.69, 9.17) is 5.73 Å². The van der Waals surface area contributed by atoms with Gasteiger partial charge in [-0.25, -0.2) is 9.37 Å². The predicted molar refractivity (Wildman–Crippen MR) is 73.9 cm³/mol. The van der Waals surface area contributed by atoms with Crippen LogP contribution in [-0.4, -0.2) is 10.9 Å². The van der Waals surface area contributed by atoms with Crippen LogP contribution >= 0.6 is 15.9 Å². The maximum absolute atomic E-state index is 12.7. The number of nitrogen functional groups attached to an aromatic ring is 1. The summed E-state index contributed by atoms with van der Waals surface area (Å²) in [5, 5.41) is 2.70. The largest absolute Gasteiger partial charge is 0.383 e. The first-order valence-electron chi connectivity index (χ1n) is 5.50. The summed E-state index contributed by atoms with van der Waals surface area (Å²) in [5.74, 6) is -0.467. The molecule has 1 amide bonds. The highest BCUT2D eigenvalue weighted by Gasteiger charge is 2.11. The van der Waals surface area contributed by atoms with Crippen LogP contribution in [0.15, 0.2) is 41.0 Å². The first kappa shape index (κ1) is 13.5. The number of amides is 1. The molecule has 0 aliphatic carbocycles. The summed E-state index contributed by atoms with van der Waals surface area (Å²) in [6, 6.07) is 7.51. The maximum Gasteiger partial charge on any atom is 0.255 e. The van der Waals surface area contributed by atoms with Crippen LogP contribution in [0, 0.1) is 5.82 Å². The molecule has 0 bridgehead atoms. The minimum absolute atomic E-state index is 0.166.